The number of aliphatic hydroxyl groups excluding tert-OH is 1. The van der Waals surface area contributed by atoms with Crippen molar-refractivity contribution >= 4 is 0 Å². The van der Waals surface area contributed by atoms with E-state index in [-0.39, 0.29) is 5.76 Å². The lowest BCUT2D eigenvalue weighted by Crippen LogP contribution is -2.43. The van der Waals surface area contributed by atoms with Crippen LogP contribution in [0.5, 0.6) is 0 Å². The maximum absolute atomic E-state index is 9.67. The van der Waals surface area contributed by atoms with E-state index in [1.165, 1.54) is 18.2 Å². The molecule has 1 rings (SSSR count). The summed E-state index contributed by atoms with van der Waals surface area (Å²) >= 11 is 0. The first kappa shape index (κ1) is 8.85. The van der Waals surface area contributed by atoms with Crippen LogP contribution in [-0.4, -0.2) is 22.5 Å². The van der Waals surface area contributed by atoms with Gasteiger partial charge in [0, 0.05) is 6.42 Å². The molecule has 0 aromatic rings. The van der Waals surface area contributed by atoms with Crippen LogP contribution in [0.4, 0.5) is 0 Å². The number of hydrogen-bond acceptors (Lipinski definition) is 3. The predicted octanol–water partition coefficient (Wildman–Crippen LogP) is 0.300. The molecule has 12 heavy (non-hydrogen) atoms. The van der Waals surface area contributed by atoms with Crippen molar-refractivity contribution in [1.29, 1.82) is 0 Å². The lowest BCUT2D eigenvalue weighted by atomic mass is 10.0. The van der Waals surface area contributed by atoms with Crippen molar-refractivity contribution in [3.05, 3.63) is 24.0 Å². The van der Waals surface area contributed by atoms with Crippen molar-refractivity contribution in [2.75, 3.05) is 6.54 Å². The average molecular weight is 165 g/mol. The molecule has 0 aromatic carbocycles. The Morgan fingerprint density at radius 1 is 1.75 bits per heavy atom. The summed E-state index contributed by atoms with van der Waals surface area (Å²) in [6.45, 7) is 0.301. The largest absolute Gasteiger partial charge is 0.508 e. The highest BCUT2D eigenvalue weighted by Gasteiger charge is 2.23. The second-order valence-corrected chi connectivity index (χ2v) is 2.65. The molecule has 0 radical (unpaired) electrons. The Hall–Kier alpha value is -1.24. The Kier molecular flexibility index (Phi) is 2.54. The molecule has 3 nitrogen and oxygen atoms in total. The van der Waals surface area contributed by atoms with Gasteiger partial charge in [0.15, 0.2) is 0 Å². The van der Waals surface area contributed by atoms with E-state index in [2.05, 4.69) is 11.2 Å². The standard InChI is InChI=1S/C9H11NO2/c1-2-7-10-9(12)5-3-8(11)4-6-9/h1,3-5,10-12H,6-7H2. The summed E-state index contributed by atoms with van der Waals surface area (Å²) in [5.41, 5.74) is -1.10. The van der Waals surface area contributed by atoms with E-state index in [1.807, 2.05) is 0 Å². The van der Waals surface area contributed by atoms with Gasteiger partial charge in [0.1, 0.15) is 11.5 Å². The molecule has 0 bridgehead atoms. The SMILES string of the molecule is C#CCNC1(O)C=CC(O)=CC1. The molecule has 1 aliphatic rings. The number of nitrogens with one attached hydrogen (secondary N) is 1. The third-order valence-electron chi connectivity index (χ3n) is 1.65. The van der Waals surface area contributed by atoms with Gasteiger partial charge in [-0.05, 0) is 18.2 Å². The highest BCUT2D eigenvalue weighted by Crippen LogP contribution is 2.16. The number of terminal acetylenes is 1. The minimum Gasteiger partial charge on any atom is -0.508 e. The van der Waals surface area contributed by atoms with E-state index in [1.54, 1.807) is 0 Å². The molecule has 1 aliphatic carbocycles. The molecule has 0 aliphatic heterocycles. The Labute approximate surface area is 71.4 Å². The number of aliphatic hydroxyl groups is 2. The Balaban J connectivity index is 2.54. The summed E-state index contributed by atoms with van der Waals surface area (Å²) in [7, 11) is 0. The van der Waals surface area contributed by atoms with Crippen molar-refractivity contribution < 1.29 is 10.2 Å². The fraction of sp³-hybridized carbons (Fsp3) is 0.333. The Morgan fingerprint density at radius 3 is 3.00 bits per heavy atom. The van der Waals surface area contributed by atoms with Gasteiger partial charge >= 0.3 is 0 Å². The number of allylic oxidation sites excluding steroid dienone is 1. The summed E-state index contributed by atoms with van der Waals surface area (Å²) in [5, 5.41) is 21.4. The maximum atomic E-state index is 9.67. The van der Waals surface area contributed by atoms with E-state index < -0.39 is 5.72 Å². The topological polar surface area (TPSA) is 52.5 Å². The van der Waals surface area contributed by atoms with Gasteiger partial charge in [0.2, 0.25) is 0 Å². The molecule has 0 fully saturated rings. The van der Waals surface area contributed by atoms with Crippen LogP contribution in [0, 0.1) is 12.3 Å². The molecule has 1 atom stereocenters. The van der Waals surface area contributed by atoms with Gasteiger partial charge < -0.3 is 10.2 Å². The summed E-state index contributed by atoms with van der Waals surface area (Å²) in [4.78, 5) is 0. The van der Waals surface area contributed by atoms with Crippen LogP contribution in [0.3, 0.4) is 0 Å². The maximum Gasteiger partial charge on any atom is 0.139 e. The third kappa shape index (κ3) is 2.12. The fourth-order valence-corrected chi connectivity index (χ4v) is 0.955. The molecule has 0 amide bonds. The van der Waals surface area contributed by atoms with Crippen molar-refractivity contribution in [3.8, 4) is 12.3 Å². The normalized spacial score (nSPS) is 27.8. The van der Waals surface area contributed by atoms with Crippen molar-refractivity contribution in [2.45, 2.75) is 12.1 Å². The van der Waals surface area contributed by atoms with Crippen LogP contribution in [0.25, 0.3) is 0 Å². The molecule has 3 heteroatoms. The highest BCUT2D eigenvalue weighted by atomic mass is 16.3. The van der Waals surface area contributed by atoms with Gasteiger partial charge in [0.25, 0.3) is 0 Å². The van der Waals surface area contributed by atoms with Crippen molar-refractivity contribution in [3.63, 3.8) is 0 Å². The first-order valence-corrected chi connectivity index (χ1v) is 3.65. The fourth-order valence-electron chi connectivity index (χ4n) is 0.955. The summed E-state index contributed by atoms with van der Waals surface area (Å²) in [6, 6.07) is 0. The summed E-state index contributed by atoms with van der Waals surface area (Å²) in [5.74, 6) is 2.53. The molecule has 0 heterocycles. The minimum atomic E-state index is -1.10. The van der Waals surface area contributed by atoms with Crippen LogP contribution in [0.2, 0.25) is 0 Å². The van der Waals surface area contributed by atoms with Gasteiger partial charge in [-0.2, -0.15) is 0 Å². The Bertz CT molecular complexity index is 262. The quantitative estimate of drug-likeness (QED) is 0.407. The second-order valence-electron chi connectivity index (χ2n) is 2.65. The highest BCUT2D eigenvalue weighted by molar-refractivity contribution is 5.22. The molecular weight excluding hydrogens is 154 g/mol. The van der Waals surface area contributed by atoms with Gasteiger partial charge in [-0.25, -0.2) is 0 Å². The van der Waals surface area contributed by atoms with Crippen LogP contribution in [0.15, 0.2) is 24.0 Å². The third-order valence-corrected chi connectivity index (χ3v) is 1.65. The van der Waals surface area contributed by atoms with Gasteiger partial charge in [-0.1, -0.05) is 5.92 Å². The van der Waals surface area contributed by atoms with Gasteiger partial charge in [-0.15, -0.1) is 6.42 Å². The van der Waals surface area contributed by atoms with Gasteiger partial charge in [0.05, 0.1) is 6.54 Å². The van der Waals surface area contributed by atoms with E-state index in [4.69, 9.17) is 11.5 Å². The van der Waals surface area contributed by atoms with E-state index in [0.717, 1.165) is 0 Å². The molecule has 0 saturated carbocycles. The van der Waals surface area contributed by atoms with E-state index in [0.29, 0.717) is 13.0 Å². The van der Waals surface area contributed by atoms with Crippen molar-refractivity contribution in [2.24, 2.45) is 0 Å². The zero-order valence-corrected chi connectivity index (χ0v) is 6.62. The van der Waals surface area contributed by atoms with Crippen LogP contribution < -0.4 is 5.32 Å². The first-order chi connectivity index (χ1) is 5.66. The van der Waals surface area contributed by atoms with Crippen LogP contribution >= 0.6 is 0 Å². The smallest absolute Gasteiger partial charge is 0.139 e. The Morgan fingerprint density at radius 2 is 2.50 bits per heavy atom. The average Bonchev–Trinajstić information content (AvgIpc) is 2.08. The second kappa shape index (κ2) is 3.44. The molecule has 1 unspecified atom stereocenters. The zero-order chi connectivity index (χ0) is 9.03. The lowest BCUT2D eigenvalue weighted by molar-refractivity contribution is 0.0590. The van der Waals surface area contributed by atoms with E-state index in [9.17, 15) is 5.11 Å². The van der Waals surface area contributed by atoms with Crippen molar-refractivity contribution in [1.82, 2.24) is 5.32 Å². The molecule has 3 N–H and O–H groups in total. The predicted molar refractivity (Wildman–Crippen MR) is 46.3 cm³/mol. The molecule has 64 valence electrons. The molecule has 0 spiro atoms. The molecule has 0 saturated heterocycles. The molecular formula is C9H11NO2. The van der Waals surface area contributed by atoms with Gasteiger partial charge in [-0.3, -0.25) is 5.32 Å². The first-order valence-electron chi connectivity index (χ1n) is 3.65. The summed E-state index contributed by atoms with van der Waals surface area (Å²) < 4.78 is 0. The monoisotopic (exact) mass is 165 g/mol. The van der Waals surface area contributed by atoms with E-state index >= 15 is 0 Å². The summed E-state index contributed by atoms with van der Waals surface area (Å²) in [6.07, 6.45) is 9.80. The molecule has 0 aromatic heterocycles. The van der Waals surface area contributed by atoms with Crippen LogP contribution in [-0.2, 0) is 0 Å². The lowest BCUT2D eigenvalue weighted by Gasteiger charge is -2.25. The van der Waals surface area contributed by atoms with Crippen LogP contribution in [0.1, 0.15) is 6.42 Å². The minimum absolute atomic E-state index is 0.169. The zero-order valence-electron chi connectivity index (χ0n) is 6.62. The number of hydrogen-bond donors (Lipinski definition) is 3. The number of rotatable bonds is 2.